The first-order chi connectivity index (χ1) is 12.4. The molecule has 0 aromatic heterocycles. The number of carbonyl (C=O) groups excluding carboxylic acids is 3. The summed E-state index contributed by atoms with van der Waals surface area (Å²) in [6, 6.07) is 12.7. The average Bonchev–Trinajstić information content (AvgIpc) is 2.61. The monoisotopic (exact) mass is 354 g/mol. The van der Waals surface area contributed by atoms with Crippen LogP contribution in [0, 0.1) is 20.8 Å². The molecule has 0 saturated carbocycles. The van der Waals surface area contributed by atoms with E-state index in [9.17, 15) is 14.4 Å². The van der Waals surface area contributed by atoms with E-state index in [0.29, 0.717) is 11.3 Å². The lowest BCUT2D eigenvalue weighted by molar-refractivity contribution is -0.146. The topological polar surface area (TPSA) is 84.5 Å². The Bertz CT molecular complexity index is 810. The third-order valence-electron chi connectivity index (χ3n) is 3.78. The summed E-state index contributed by atoms with van der Waals surface area (Å²) >= 11 is 0. The SMILES string of the molecule is Cc1cccc(C(=O)NCC(=O)OCC(=O)Nc2c(C)cccc2C)c1. The molecule has 0 unspecified atom stereocenters. The summed E-state index contributed by atoms with van der Waals surface area (Å²) in [5, 5.41) is 5.20. The van der Waals surface area contributed by atoms with Crippen molar-refractivity contribution in [2.24, 2.45) is 0 Å². The number of amides is 2. The summed E-state index contributed by atoms with van der Waals surface area (Å²) in [7, 11) is 0. The van der Waals surface area contributed by atoms with Crippen LogP contribution in [0.3, 0.4) is 0 Å². The average molecular weight is 354 g/mol. The number of hydrogen-bond donors (Lipinski definition) is 2. The Hall–Kier alpha value is -3.15. The molecule has 0 radical (unpaired) electrons. The Morgan fingerprint density at radius 2 is 1.62 bits per heavy atom. The summed E-state index contributed by atoms with van der Waals surface area (Å²) in [5.74, 6) is -1.48. The maximum absolute atomic E-state index is 12.0. The molecule has 2 aromatic rings. The quantitative estimate of drug-likeness (QED) is 0.781. The van der Waals surface area contributed by atoms with Gasteiger partial charge < -0.3 is 15.4 Å². The van der Waals surface area contributed by atoms with Crippen LogP contribution in [0.15, 0.2) is 42.5 Å². The molecule has 0 saturated heterocycles. The largest absolute Gasteiger partial charge is 0.454 e. The number of aryl methyl sites for hydroxylation is 3. The fraction of sp³-hybridized carbons (Fsp3) is 0.250. The van der Waals surface area contributed by atoms with Crippen molar-refractivity contribution in [1.29, 1.82) is 0 Å². The second-order valence-corrected chi connectivity index (χ2v) is 6.03. The first-order valence-electron chi connectivity index (χ1n) is 8.23. The Balaban J connectivity index is 1.78. The van der Waals surface area contributed by atoms with Crippen molar-refractivity contribution in [3.8, 4) is 0 Å². The molecular formula is C20H22N2O4. The van der Waals surface area contributed by atoms with Gasteiger partial charge >= 0.3 is 5.97 Å². The minimum Gasteiger partial charge on any atom is -0.454 e. The van der Waals surface area contributed by atoms with Crippen LogP contribution in [-0.4, -0.2) is 30.9 Å². The summed E-state index contributed by atoms with van der Waals surface area (Å²) in [5.41, 5.74) is 3.97. The number of hydrogen-bond acceptors (Lipinski definition) is 4. The molecular weight excluding hydrogens is 332 g/mol. The molecule has 6 heteroatoms. The molecule has 0 aliphatic heterocycles. The molecule has 2 amide bonds. The van der Waals surface area contributed by atoms with E-state index in [-0.39, 0.29) is 12.5 Å². The molecule has 0 aliphatic rings. The zero-order valence-electron chi connectivity index (χ0n) is 15.1. The summed E-state index contributed by atoms with van der Waals surface area (Å²) in [4.78, 5) is 35.6. The van der Waals surface area contributed by atoms with Gasteiger partial charge in [0.1, 0.15) is 6.54 Å². The molecule has 2 rings (SSSR count). The van der Waals surface area contributed by atoms with Crippen LogP contribution in [0.5, 0.6) is 0 Å². The van der Waals surface area contributed by atoms with Gasteiger partial charge in [0.15, 0.2) is 6.61 Å². The number of benzene rings is 2. The van der Waals surface area contributed by atoms with Crippen LogP contribution in [0.4, 0.5) is 5.69 Å². The standard InChI is InChI=1S/C20H22N2O4/c1-13-6-4-9-16(10-13)20(25)21-11-18(24)26-12-17(23)22-19-14(2)7-5-8-15(19)3/h4-10H,11-12H2,1-3H3,(H,21,25)(H,22,23). The van der Waals surface area contributed by atoms with Gasteiger partial charge in [0, 0.05) is 11.3 Å². The van der Waals surface area contributed by atoms with Gasteiger partial charge in [0.05, 0.1) is 0 Å². The summed E-state index contributed by atoms with van der Waals surface area (Å²) < 4.78 is 4.90. The first kappa shape index (κ1) is 19.2. The van der Waals surface area contributed by atoms with Crippen molar-refractivity contribution in [1.82, 2.24) is 5.32 Å². The van der Waals surface area contributed by atoms with Crippen molar-refractivity contribution in [2.75, 3.05) is 18.5 Å². The van der Waals surface area contributed by atoms with Gasteiger partial charge in [0.25, 0.3) is 11.8 Å². The van der Waals surface area contributed by atoms with E-state index in [0.717, 1.165) is 16.7 Å². The second kappa shape index (κ2) is 8.80. The highest BCUT2D eigenvalue weighted by Crippen LogP contribution is 2.19. The van der Waals surface area contributed by atoms with Gasteiger partial charge in [-0.3, -0.25) is 14.4 Å². The highest BCUT2D eigenvalue weighted by Gasteiger charge is 2.12. The van der Waals surface area contributed by atoms with E-state index >= 15 is 0 Å². The van der Waals surface area contributed by atoms with Crippen LogP contribution in [-0.2, 0) is 14.3 Å². The Morgan fingerprint density at radius 1 is 0.962 bits per heavy atom. The van der Waals surface area contributed by atoms with E-state index in [4.69, 9.17) is 4.74 Å². The van der Waals surface area contributed by atoms with E-state index < -0.39 is 18.5 Å². The Kier molecular flexibility index (Phi) is 6.49. The highest BCUT2D eigenvalue weighted by molar-refractivity contribution is 5.97. The van der Waals surface area contributed by atoms with Gasteiger partial charge in [-0.1, -0.05) is 35.9 Å². The fourth-order valence-corrected chi connectivity index (χ4v) is 2.43. The first-order valence-corrected chi connectivity index (χ1v) is 8.23. The predicted octanol–water partition coefficient (Wildman–Crippen LogP) is 2.52. The third-order valence-corrected chi connectivity index (χ3v) is 3.78. The Labute approximate surface area is 152 Å². The summed E-state index contributed by atoms with van der Waals surface area (Å²) in [6.45, 7) is 4.93. The van der Waals surface area contributed by atoms with Crippen LogP contribution >= 0.6 is 0 Å². The molecule has 0 spiro atoms. The summed E-state index contributed by atoms with van der Waals surface area (Å²) in [6.07, 6.45) is 0. The van der Waals surface area contributed by atoms with Gasteiger partial charge in [0.2, 0.25) is 0 Å². The normalized spacial score (nSPS) is 10.1. The van der Waals surface area contributed by atoms with E-state index in [1.165, 1.54) is 0 Å². The molecule has 0 fully saturated rings. The smallest absolute Gasteiger partial charge is 0.325 e. The van der Waals surface area contributed by atoms with Crippen molar-refractivity contribution in [3.63, 3.8) is 0 Å². The zero-order valence-corrected chi connectivity index (χ0v) is 15.1. The minimum atomic E-state index is -0.678. The number of nitrogens with one attached hydrogen (secondary N) is 2. The van der Waals surface area contributed by atoms with Crippen LogP contribution in [0.1, 0.15) is 27.0 Å². The molecule has 136 valence electrons. The van der Waals surface area contributed by atoms with Gasteiger partial charge in [-0.15, -0.1) is 0 Å². The highest BCUT2D eigenvalue weighted by atomic mass is 16.5. The van der Waals surface area contributed by atoms with Crippen molar-refractivity contribution in [3.05, 3.63) is 64.7 Å². The van der Waals surface area contributed by atoms with Gasteiger partial charge in [-0.25, -0.2) is 0 Å². The lowest BCUT2D eigenvalue weighted by atomic mass is 10.1. The van der Waals surface area contributed by atoms with Crippen molar-refractivity contribution in [2.45, 2.75) is 20.8 Å². The molecule has 26 heavy (non-hydrogen) atoms. The maximum Gasteiger partial charge on any atom is 0.325 e. The van der Waals surface area contributed by atoms with Gasteiger partial charge in [-0.2, -0.15) is 0 Å². The van der Waals surface area contributed by atoms with Crippen molar-refractivity contribution >= 4 is 23.5 Å². The third kappa shape index (κ3) is 5.44. The number of rotatable bonds is 6. The van der Waals surface area contributed by atoms with Crippen LogP contribution in [0.2, 0.25) is 0 Å². The minimum absolute atomic E-state index is 0.302. The molecule has 0 heterocycles. The number of ether oxygens (including phenoxy) is 1. The second-order valence-electron chi connectivity index (χ2n) is 6.03. The van der Waals surface area contributed by atoms with E-state index in [2.05, 4.69) is 10.6 Å². The molecule has 2 aromatic carbocycles. The van der Waals surface area contributed by atoms with E-state index in [1.54, 1.807) is 18.2 Å². The number of para-hydroxylation sites is 1. The van der Waals surface area contributed by atoms with Crippen LogP contribution < -0.4 is 10.6 Å². The van der Waals surface area contributed by atoms with Gasteiger partial charge in [-0.05, 0) is 44.0 Å². The van der Waals surface area contributed by atoms with Crippen LogP contribution in [0.25, 0.3) is 0 Å². The number of carbonyl (C=O) groups is 3. The molecule has 6 nitrogen and oxygen atoms in total. The lowest BCUT2D eigenvalue weighted by Gasteiger charge is -2.11. The zero-order chi connectivity index (χ0) is 19.1. The van der Waals surface area contributed by atoms with Crippen molar-refractivity contribution < 1.29 is 19.1 Å². The molecule has 0 aliphatic carbocycles. The molecule has 0 bridgehead atoms. The maximum atomic E-state index is 12.0. The molecule has 0 atom stereocenters. The van der Waals surface area contributed by atoms with E-state index in [1.807, 2.05) is 45.0 Å². The predicted molar refractivity (Wildman–Crippen MR) is 99.0 cm³/mol. The molecule has 2 N–H and O–H groups in total. The lowest BCUT2D eigenvalue weighted by Crippen LogP contribution is -2.32. The fourth-order valence-electron chi connectivity index (χ4n) is 2.43. The Morgan fingerprint density at radius 3 is 2.27 bits per heavy atom. The number of anilines is 1. The number of esters is 1.